The van der Waals surface area contributed by atoms with Gasteiger partial charge >= 0.3 is 5.97 Å². The number of methoxy groups -OCH3 is 5. The molecule has 8 saturated heterocycles. The molecule has 0 amide bonds. The van der Waals surface area contributed by atoms with E-state index in [1.54, 1.807) is 35.4 Å². The van der Waals surface area contributed by atoms with E-state index in [1.807, 2.05) is 34.6 Å². The molecular weight excluding hydrogens is 1130 g/mol. The number of ether oxygens (including phenoxy) is 19. The summed E-state index contributed by atoms with van der Waals surface area (Å²) in [6, 6.07) is 0. The predicted octanol–water partition coefficient (Wildman–Crippen LogP) is 3.83. The zero-order valence-electron chi connectivity index (χ0n) is 52.2. The Morgan fingerprint density at radius 2 is 0.965 bits per heavy atom. The number of carbonyl (C=O) groups excluding carboxylic acids is 1. The summed E-state index contributed by atoms with van der Waals surface area (Å²) in [5.74, 6) is 0.137. The highest BCUT2D eigenvalue weighted by Gasteiger charge is 2.86. The summed E-state index contributed by atoms with van der Waals surface area (Å²) in [5.41, 5.74) is 0.605. The molecule has 24 nitrogen and oxygen atoms in total. The Morgan fingerprint density at radius 1 is 0.523 bits per heavy atom. The Kier molecular flexibility index (Phi) is 19.0. The molecule has 86 heavy (non-hydrogen) atoms. The van der Waals surface area contributed by atoms with Crippen molar-refractivity contribution in [2.45, 2.75) is 303 Å². The molecule has 33 atom stereocenters. The Labute approximate surface area is 505 Å². The summed E-state index contributed by atoms with van der Waals surface area (Å²) in [4.78, 5) is 13.6. The first-order valence-corrected chi connectivity index (χ1v) is 31.9. The predicted molar refractivity (Wildman–Crippen MR) is 296 cm³/mol. The van der Waals surface area contributed by atoms with Crippen LogP contribution in [0.1, 0.15) is 132 Å². The summed E-state index contributed by atoms with van der Waals surface area (Å²) in [5, 5.41) is 40.9. The minimum atomic E-state index is -1.59. The molecule has 8 heterocycles. The number of aliphatic hydroxyl groups is 4. The van der Waals surface area contributed by atoms with E-state index in [-0.39, 0.29) is 42.0 Å². The van der Waals surface area contributed by atoms with Crippen LogP contribution in [0.15, 0.2) is 11.6 Å². The quantitative estimate of drug-likeness (QED) is 0.112. The van der Waals surface area contributed by atoms with Crippen LogP contribution in [-0.2, 0) is 94.8 Å². The van der Waals surface area contributed by atoms with Gasteiger partial charge in [0.2, 0.25) is 5.79 Å². The van der Waals surface area contributed by atoms with Crippen molar-refractivity contribution in [3.63, 3.8) is 0 Å². The van der Waals surface area contributed by atoms with Crippen LogP contribution in [0.5, 0.6) is 0 Å². The normalized spacial score (nSPS) is 54.4. The van der Waals surface area contributed by atoms with Gasteiger partial charge in [-0.2, -0.15) is 0 Å². The lowest BCUT2D eigenvalue weighted by atomic mass is 9.46. The lowest BCUT2D eigenvalue weighted by molar-refractivity contribution is -0.360. The molecule has 12 aliphatic rings. The van der Waals surface area contributed by atoms with Gasteiger partial charge in [0.05, 0.1) is 79.4 Å². The SMILES string of the molecule is CO[C@H]1C[C@H](O[C@@H]2[C@@H](C)O[C@@H](O[C@@H]3[C@@H](C)O[C@@H](O[C@H]4CC[C@@]5(C)C(=CC[C@@H]6[C@@H]5CC[C@@]57C(=O)O[C@@]8(C)O[C@@]65CCC87)C4)C[C@H]3OC)C[C@H]2OC)O[C@H](C)[C@H]1O[C@H]1C[C@H](OC)[C@H](O[C@H]2C[C@@H](OC)[C@@H](O[C@@H]3O[C@H](CO)[C@@H](O)[C@H](O)[C@H]3O)[C@@H](C)O2)[C@@H](C)O1. The minimum Gasteiger partial charge on any atom is -0.432 e. The summed E-state index contributed by atoms with van der Waals surface area (Å²) in [6.07, 6.45) is -5.93. The van der Waals surface area contributed by atoms with E-state index in [4.69, 9.17) is 90.0 Å². The number of aliphatic hydroxyl groups excluding tert-OH is 4. The van der Waals surface area contributed by atoms with Gasteiger partial charge < -0.3 is 110 Å². The lowest BCUT2D eigenvalue weighted by Crippen LogP contribution is -2.64. The molecule has 12 rings (SSSR count). The van der Waals surface area contributed by atoms with Gasteiger partial charge in [0, 0.05) is 80.5 Å². The molecule has 0 radical (unpaired) electrons. The van der Waals surface area contributed by atoms with Crippen molar-refractivity contribution in [3.8, 4) is 0 Å². The number of rotatable bonds is 18. The topological polar surface area (TPSA) is 273 Å². The third kappa shape index (κ3) is 11.1. The number of fused-ring (bicyclic) bond motifs is 3. The van der Waals surface area contributed by atoms with E-state index >= 15 is 0 Å². The maximum absolute atomic E-state index is 13.6. The highest BCUT2D eigenvalue weighted by Crippen LogP contribution is 2.78. The van der Waals surface area contributed by atoms with Crippen LogP contribution in [0.4, 0.5) is 0 Å². The van der Waals surface area contributed by atoms with Crippen molar-refractivity contribution in [1.29, 1.82) is 0 Å². The molecule has 0 aromatic heterocycles. The van der Waals surface area contributed by atoms with E-state index in [9.17, 15) is 25.2 Å². The lowest BCUT2D eigenvalue weighted by Gasteiger charge is -2.61. The molecule has 24 heteroatoms. The van der Waals surface area contributed by atoms with Crippen molar-refractivity contribution >= 4 is 5.97 Å². The van der Waals surface area contributed by atoms with Crippen molar-refractivity contribution in [1.82, 2.24) is 0 Å². The van der Waals surface area contributed by atoms with Crippen LogP contribution >= 0.6 is 0 Å². The van der Waals surface area contributed by atoms with Gasteiger partial charge in [-0.15, -0.1) is 0 Å². The van der Waals surface area contributed by atoms with Crippen LogP contribution < -0.4 is 0 Å². The summed E-state index contributed by atoms with van der Waals surface area (Å²) >= 11 is 0. The summed E-state index contributed by atoms with van der Waals surface area (Å²) in [7, 11) is 8.14. The molecule has 4 N–H and O–H groups in total. The van der Waals surface area contributed by atoms with E-state index in [2.05, 4.69) is 13.0 Å². The second kappa shape index (κ2) is 25.3. The Bertz CT molecular complexity index is 2370. The molecule has 1 unspecified atom stereocenters. The first-order valence-electron chi connectivity index (χ1n) is 31.9. The van der Waals surface area contributed by atoms with Gasteiger partial charge in [-0.05, 0) is 103 Å². The second-order valence-corrected chi connectivity index (χ2v) is 27.2. The summed E-state index contributed by atoms with van der Waals surface area (Å²) < 4.78 is 121. The highest BCUT2D eigenvalue weighted by molar-refractivity contribution is 5.84. The average molecular weight is 1230 g/mol. The largest absolute Gasteiger partial charge is 0.432 e. The number of hydrogen-bond acceptors (Lipinski definition) is 24. The monoisotopic (exact) mass is 1230 g/mol. The number of esters is 1. The van der Waals surface area contributed by atoms with Crippen molar-refractivity contribution in [2.24, 2.45) is 28.6 Å². The van der Waals surface area contributed by atoms with Crippen LogP contribution in [-0.4, -0.2) is 240 Å². The fourth-order valence-electron chi connectivity index (χ4n) is 18.3. The fourth-order valence-corrected chi connectivity index (χ4v) is 18.3. The molecule has 8 aliphatic heterocycles. The molecule has 490 valence electrons. The smallest absolute Gasteiger partial charge is 0.318 e. The second-order valence-electron chi connectivity index (χ2n) is 27.2. The molecule has 0 aromatic rings. The molecular formula is C62H98O24. The van der Waals surface area contributed by atoms with E-state index in [1.165, 1.54) is 12.7 Å². The molecule has 3 saturated carbocycles. The Hall–Kier alpha value is -1.67. The highest BCUT2D eigenvalue weighted by atomic mass is 16.8. The Morgan fingerprint density at radius 3 is 1.41 bits per heavy atom. The zero-order valence-corrected chi connectivity index (χ0v) is 52.2. The van der Waals surface area contributed by atoms with Gasteiger partial charge in [0.1, 0.15) is 60.4 Å². The first kappa shape index (κ1) is 64.4. The number of carbonyl (C=O) groups is 1. The fraction of sp³-hybridized carbons (Fsp3) is 0.952. The van der Waals surface area contributed by atoms with E-state index < -0.39 is 165 Å². The Balaban J connectivity index is 0.598. The summed E-state index contributed by atoms with van der Waals surface area (Å²) in [6.45, 7) is 13.4. The van der Waals surface area contributed by atoms with Crippen LogP contribution in [0.25, 0.3) is 0 Å². The average Bonchev–Trinajstić information content (AvgIpc) is 1.47. The molecule has 11 fully saturated rings. The van der Waals surface area contributed by atoms with Gasteiger partial charge in [0.25, 0.3) is 0 Å². The van der Waals surface area contributed by atoms with Crippen molar-refractivity contribution in [2.75, 3.05) is 42.2 Å². The maximum atomic E-state index is 13.6. The molecule has 4 bridgehead atoms. The van der Waals surface area contributed by atoms with Crippen molar-refractivity contribution < 1.29 is 115 Å². The minimum absolute atomic E-state index is 0.0115. The number of hydrogen-bond donors (Lipinski definition) is 4. The zero-order chi connectivity index (χ0) is 60.9. The van der Waals surface area contributed by atoms with Crippen LogP contribution in [0.2, 0.25) is 0 Å². The van der Waals surface area contributed by atoms with Crippen molar-refractivity contribution in [3.05, 3.63) is 11.6 Å². The first-order chi connectivity index (χ1) is 41.1. The van der Waals surface area contributed by atoms with Crippen LogP contribution in [0.3, 0.4) is 0 Å². The standard InChI is InChI=1S/C62H98O24/c1-28-52(37(68-8)22-44(73-28)78-34-15-18-59(6)33(21-34)13-14-36-35(59)16-19-61-43-17-20-62(36,61)86-60(43,7)85-58(61)67)80-45-23-38(69-9)53(29(2)74-45)81-46-24-39(70-10)54(30(3)75-46)82-47-25-40(71-11)55(31(4)76-47)83-48-26-41(72-12)56(32(5)77-48)84-57-51(66)50(65)49(64)42(27-63)79-57/h13,28-32,34-57,63-66H,14-27H2,1-12H3/t28-,29-,30-,31-,32-,34+,35+,36-,37-,38-,39+,40+,41-,42-,43?,44+,45+,46+,47+,48+,49-,50+,51-,52-,53-,54-,55-,56+,57+,59+,60+,61-,62+/m1/s1. The van der Waals surface area contributed by atoms with E-state index in [0.717, 1.165) is 51.4 Å². The third-order valence-corrected chi connectivity index (χ3v) is 22.7. The third-order valence-electron chi connectivity index (χ3n) is 22.7. The van der Waals surface area contributed by atoms with Gasteiger partial charge in [-0.3, -0.25) is 4.79 Å². The van der Waals surface area contributed by atoms with Gasteiger partial charge in [0.15, 0.2) is 37.7 Å². The van der Waals surface area contributed by atoms with Gasteiger partial charge in [-0.1, -0.05) is 18.6 Å². The molecule has 1 spiro atoms. The number of allylic oxidation sites excluding steroid dienone is 1. The molecule has 0 aromatic carbocycles. The van der Waals surface area contributed by atoms with E-state index in [0.29, 0.717) is 37.5 Å². The van der Waals surface area contributed by atoms with Gasteiger partial charge in [-0.25, -0.2) is 0 Å². The maximum Gasteiger partial charge on any atom is 0.318 e. The molecule has 4 aliphatic carbocycles. The van der Waals surface area contributed by atoms with Crippen LogP contribution in [0, 0.1) is 28.6 Å².